The number of nitrogens with two attached hydrogens (primary N) is 2. The average Bonchev–Trinajstić information content (AvgIpc) is 2.91. The van der Waals surface area contributed by atoms with Gasteiger partial charge in [0.15, 0.2) is 11.6 Å². The Kier molecular flexibility index (Phi) is 5.71. The van der Waals surface area contributed by atoms with Gasteiger partial charge in [-0.1, -0.05) is 70.4 Å². The van der Waals surface area contributed by atoms with E-state index in [0.717, 1.165) is 24.8 Å². The van der Waals surface area contributed by atoms with Gasteiger partial charge >= 0.3 is 0 Å². The normalized spacial score (nSPS) is 19.9. The molecule has 0 bridgehead atoms. The van der Waals surface area contributed by atoms with Gasteiger partial charge < -0.3 is 11.5 Å². The summed E-state index contributed by atoms with van der Waals surface area (Å²) < 4.78 is 0. The SMILES string of the molecule is CCCCCC(N)C1(c2[c]cc(C(C)C)cc2)C(=O)c2cccc(N)c2C1=O. The lowest BCUT2D eigenvalue weighted by molar-refractivity contribution is 0.0760. The molecule has 28 heavy (non-hydrogen) atoms. The molecule has 3 rings (SSSR count). The zero-order valence-electron chi connectivity index (χ0n) is 16.9. The minimum Gasteiger partial charge on any atom is -0.398 e. The molecule has 0 heterocycles. The van der Waals surface area contributed by atoms with Gasteiger partial charge in [-0.3, -0.25) is 9.59 Å². The van der Waals surface area contributed by atoms with Crippen molar-refractivity contribution in [3.63, 3.8) is 0 Å². The van der Waals surface area contributed by atoms with Crippen LogP contribution in [0, 0.1) is 6.07 Å². The van der Waals surface area contributed by atoms with E-state index in [1.165, 1.54) is 0 Å². The van der Waals surface area contributed by atoms with Gasteiger partial charge in [0.05, 0.1) is 5.56 Å². The first-order chi connectivity index (χ1) is 13.4. The van der Waals surface area contributed by atoms with Crippen LogP contribution in [0.2, 0.25) is 0 Å². The molecule has 2 aromatic rings. The Bertz CT molecular complexity index is 886. The summed E-state index contributed by atoms with van der Waals surface area (Å²) in [5.41, 5.74) is 13.9. The maximum atomic E-state index is 13.6. The number of Topliss-reactive ketones (excluding diaryl/α,β-unsaturated/α-hetero) is 2. The first-order valence-electron chi connectivity index (χ1n) is 10.1. The fourth-order valence-electron chi connectivity index (χ4n) is 4.18. The van der Waals surface area contributed by atoms with Gasteiger partial charge in [0.25, 0.3) is 0 Å². The molecule has 4 N–H and O–H groups in total. The van der Waals surface area contributed by atoms with Crippen LogP contribution < -0.4 is 11.5 Å². The van der Waals surface area contributed by atoms with Crippen LogP contribution in [-0.4, -0.2) is 17.6 Å². The molecule has 2 unspecified atom stereocenters. The van der Waals surface area contributed by atoms with Crippen LogP contribution in [0.4, 0.5) is 5.69 Å². The predicted octanol–water partition coefficient (Wildman–Crippen LogP) is 4.42. The molecule has 4 nitrogen and oxygen atoms in total. The van der Waals surface area contributed by atoms with E-state index in [1.54, 1.807) is 18.2 Å². The number of carbonyl (C=O) groups is 2. The van der Waals surface area contributed by atoms with Crippen molar-refractivity contribution in [1.82, 2.24) is 0 Å². The Morgan fingerprint density at radius 2 is 1.82 bits per heavy atom. The summed E-state index contributed by atoms with van der Waals surface area (Å²) in [6.45, 7) is 6.30. The summed E-state index contributed by atoms with van der Waals surface area (Å²) in [6.07, 6.45) is 3.52. The van der Waals surface area contributed by atoms with Crippen molar-refractivity contribution < 1.29 is 9.59 Å². The lowest BCUT2D eigenvalue weighted by Gasteiger charge is -2.33. The number of fused-ring (bicyclic) bond motifs is 1. The number of ketones is 2. The van der Waals surface area contributed by atoms with Crippen molar-refractivity contribution in [2.45, 2.75) is 63.8 Å². The van der Waals surface area contributed by atoms with E-state index in [1.807, 2.05) is 18.2 Å². The van der Waals surface area contributed by atoms with Crippen molar-refractivity contribution >= 4 is 17.3 Å². The van der Waals surface area contributed by atoms with E-state index in [-0.39, 0.29) is 11.6 Å². The Labute approximate surface area is 167 Å². The van der Waals surface area contributed by atoms with E-state index in [0.29, 0.717) is 34.7 Å². The molecule has 0 amide bonds. The Morgan fingerprint density at radius 1 is 1.07 bits per heavy atom. The van der Waals surface area contributed by atoms with Gasteiger partial charge in [0.2, 0.25) is 0 Å². The largest absolute Gasteiger partial charge is 0.398 e. The lowest BCUT2D eigenvalue weighted by Crippen LogP contribution is -2.53. The summed E-state index contributed by atoms with van der Waals surface area (Å²) in [6, 6.07) is 13.3. The molecule has 2 aromatic carbocycles. The van der Waals surface area contributed by atoms with Crippen LogP contribution >= 0.6 is 0 Å². The number of anilines is 1. The summed E-state index contributed by atoms with van der Waals surface area (Å²) in [7, 11) is 0. The van der Waals surface area contributed by atoms with Crippen LogP contribution in [0.1, 0.15) is 84.2 Å². The highest BCUT2D eigenvalue weighted by Crippen LogP contribution is 2.44. The minimum absolute atomic E-state index is 0.252. The maximum absolute atomic E-state index is 13.6. The molecule has 2 atom stereocenters. The van der Waals surface area contributed by atoms with Crippen molar-refractivity contribution in [3.8, 4) is 0 Å². The topological polar surface area (TPSA) is 86.2 Å². The van der Waals surface area contributed by atoms with Gasteiger partial charge in [-0.05, 0) is 35.6 Å². The van der Waals surface area contributed by atoms with E-state index >= 15 is 0 Å². The average molecular weight is 378 g/mol. The Balaban J connectivity index is 2.15. The fourth-order valence-corrected chi connectivity index (χ4v) is 4.18. The van der Waals surface area contributed by atoms with Crippen LogP contribution in [0.5, 0.6) is 0 Å². The summed E-state index contributed by atoms with van der Waals surface area (Å²) in [5.74, 6) is -0.206. The van der Waals surface area contributed by atoms with Crippen LogP contribution in [-0.2, 0) is 5.41 Å². The molecule has 4 heteroatoms. The van der Waals surface area contributed by atoms with Crippen LogP contribution in [0.15, 0.2) is 36.4 Å². The highest BCUT2D eigenvalue weighted by atomic mass is 16.2. The molecule has 0 aliphatic heterocycles. The van der Waals surface area contributed by atoms with Crippen LogP contribution in [0.3, 0.4) is 0 Å². The Hall–Kier alpha value is -2.46. The second-order valence-electron chi connectivity index (χ2n) is 8.03. The van der Waals surface area contributed by atoms with Gasteiger partial charge in [0.1, 0.15) is 5.41 Å². The predicted molar refractivity (Wildman–Crippen MR) is 113 cm³/mol. The molecule has 1 aliphatic rings. The fraction of sp³-hybridized carbons (Fsp3) is 0.417. The van der Waals surface area contributed by atoms with E-state index in [4.69, 9.17) is 11.5 Å². The zero-order valence-corrected chi connectivity index (χ0v) is 16.9. The zero-order chi connectivity index (χ0) is 20.5. The number of carbonyl (C=O) groups excluding carboxylic acids is 2. The van der Waals surface area contributed by atoms with Gasteiger partial charge in [-0.15, -0.1) is 0 Å². The van der Waals surface area contributed by atoms with Crippen molar-refractivity contribution in [3.05, 3.63) is 64.7 Å². The molecule has 1 aliphatic carbocycles. The molecular weight excluding hydrogens is 348 g/mol. The molecule has 0 fully saturated rings. The third-order valence-electron chi connectivity index (χ3n) is 5.89. The first kappa shape index (κ1) is 20.3. The standard InChI is InChI=1S/C24H29N2O2/c1-4-5-6-10-20(26)24(17-13-11-16(12-14-17)15(2)3)22(27)18-8-7-9-19(25)21(18)23(24)28/h7-9,11-13,15,20H,4-6,10,25-26H2,1-3H3. The van der Waals surface area contributed by atoms with Gasteiger partial charge in [-0.2, -0.15) is 0 Å². The summed E-state index contributed by atoms with van der Waals surface area (Å²) in [5, 5.41) is 0. The third kappa shape index (κ3) is 3.06. The molecule has 0 saturated carbocycles. The van der Waals surface area contributed by atoms with Crippen molar-refractivity contribution in [2.75, 3.05) is 5.73 Å². The quantitative estimate of drug-likeness (QED) is 0.425. The second-order valence-corrected chi connectivity index (χ2v) is 8.03. The monoisotopic (exact) mass is 377 g/mol. The van der Waals surface area contributed by atoms with E-state index in [9.17, 15) is 9.59 Å². The number of rotatable bonds is 7. The molecule has 147 valence electrons. The van der Waals surface area contributed by atoms with Gasteiger partial charge in [0, 0.05) is 17.3 Å². The lowest BCUT2D eigenvalue weighted by atomic mass is 9.68. The number of nitrogen functional groups attached to an aromatic ring is 1. The highest BCUT2D eigenvalue weighted by Gasteiger charge is 2.58. The number of benzene rings is 2. The van der Waals surface area contributed by atoms with Crippen molar-refractivity contribution in [1.29, 1.82) is 0 Å². The molecular formula is C24H29N2O2. The van der Waals surface area contributed by atoms with Crippen molar-refractivity contribution in [2.24, 2.45) is 5.73 Å². The summed E-state index contributed by atoms with van der Waals surface area (Å²) >= 11 is 0. The maximum Gasteiger partial charge on any atom is 0.185 e. The number of hydrogen-bond acceptors (Lipinski definition) is 4. The van der Waals surface area contributed by atoms with E-state index < -0.39 is 11.5 Å². The third-order valence-corrected chi connectivity index (χ3v) is 5.89. The smallest absolute Gasteiger partial charge is 0.185 e. The molecule has 0 saturated heterocycles. The minimum atomic E-state index is -1.44. The summed E-state index contributed by atoms with van der Waals surface area (Å²) in [4.78, 5) is 27.2. The Morgan fingerprint density at radius 3 is 2.39 bits per heavy atom. The van der Waals surface area contributed by atoms with Crippen LogP contribution in [0.25, 0.3) is 0 Å². The van der Waals surface area contributed by atoms with E-state index in [2.05, 4.69) is 26.8 Å². The molecule has 0 spiro atoms. The molecule has 1 radical (unpaired) electrons. The second kappa shape index (κ2) is 7.88. The molecule has 0 aromatic heterocycles. The number of hydrogen-bond donors (Lipinski definition) is 2. The highest BCUT2D eigenvalue weighted by molar-refractivity contribution is 6.35. The number of unbranched alkanes of at least 4 members (excludes halogenated alkanes) is 2. The van der Waals surface area contributed by atoms with Gasteiger partial charge in [-0.25, -0.2) is 0 Å². The first-order valence-corrected chi connectivity index (χ1v) is 10.1.